The monoisotopic (exact) mass is 139 g/mol. The van der Waals surface area contributed by atoms with E-state index in [0.717, 1.165) is 0 Å². The second-order valence-corrected chi connectivity index (χ2v) is 3.13. The summed E-state index contributed by atoms with van der Waals surface area (Å²) in [6.07, 6.45) is 0.243. The van der Waals surface area contributed by atoms with Crippen LogP contribution in [0, 0.1) is 5.41 Å². The normalized spacial score (nSPS) is 10.1. The van der Waals surface area contributed by atoms with Crippen LogP contribution in [0.2, 0.25) is 0 Å². The van der Waals surface area contributed by atoms with E-state index in [9.17, 15) is 4.79 Å². The summed E-state index contributed by atoms with van der Waals surface area (Å²) in [7, 11) is 0. The zero-order valence-corrected chi connectivity index (χ0v) is 8.56. The predicted octanol–water partition coefficient (Wildman–Crippen LogP) is 1.13. The molecule has 0 spiro atoms. The first-order valence-corrected chi connectivity index (χ1v) is 2.63. The van der Waals surface area contributed by atoms with Gasteiger partial charge in [-0.3, -0.25) is 4.79 Å². The van der Waals surface area contributed by atoms with Gasteiger partial charge in [-0.1, -0.05) is 20.8 Å². The van der Waals surface area contributed by atoms with Crippen LogP contribution in [0.3, 0.4) is 0 Å². The molecule has 0 fully saturated rings. The van der Waals surface area contributed by atoms with Gasteiger partial charge in [-0.25, -0.2) is 0 Å². The van der Waals surface area contributed by atoms with E-state index >= 15 is 0 Å². The Balaban J connectivity index is 0. The molecule has 0 aliphatic heterocycles. The fourth-order valence-electron chi connectivity index (χ4n) is 0.454. The Kier molecular flexibility index (Phi) is 5.83. The van der Waals surface area contributed by atoms with Crippen LogP contribution in [0.4, 0.5) is 0 Å². The van der Waals surface area contributed by atoms with E-state index in [0.29, 0.717) is 0 Å². The molecule has 0 aromatic heterocycles. The molecule has 9 heavy (non-hydrogen) atoms. The van der Waals surface area contributed by atoms with Crippen molar-refractivity contribution in [3.63, 3.8) is 0 Å². The van der Waals surface area contributed by atoms with Gasteiger partial charge in [-0.2, -0.15) is 0 Å². The van der Waals surface area contributed by atoms with Gasteiger partial charge in [-0.15, -0.1) is 0 Å². The molecule has 1 N–H and O–H groups in total. The van der Waals surface area contributed by atoms with Crippen molar-refractivity contribution in [1.82, 2.24) is 0 Å². The van der Waals surface area contributed by atoms with E-state index in [1.165, 1.54) is 0 Å². The molecule has 0 saturated heterocycles. The molecule has 0 amide bonds. The summed E-state index contributed by atoms with van der Waals surface area (Å²) in [6.45, 7) is 5.71. The molecule has 0 bridgehead atoms. The molecule has 2 nitrogen and oxygen atoms in total. The smallest absolute Gasteiger partial charge is 0.303 e. The maximum absolute atomic E-state index is 10.0. The zero-order valence-electron chi connectivity index (χ0n) is 6.56. The first-order valence-electron chi connectivity index (χ1n) is 2.63. The van der Waals surface area contributed by atoms with Gasteiger partial charge < -0.3 is 5.11 Å². The fraction of sp³-hybridized carbons (Fsp3) is 0.833. The Bertz CT molecular complexity index is 93.7. The maximum atomic E-state index is 10.0. The minimum absolute atomic E-state index is 0. The molecule has 0 saturated carbocycles. The van der Waals surface area contributed by atoms with E-state index in [4.69, 9.17) is 5.11 Å². The van der Waals surface area contributed by atoms with Crippen molar-refractivity contribution in [3.8, 4) is 0 Å². The van der Waals surface area contributed by atoms with Crippen LogP contribution in [-0.4, -0.2) is 40.6 Å². The first kappa shape index (κ1) is 12.2. The van der Waals surface area contributed by atoms with E-state index < -0.39 is 5.97 Å². The Morgan fingerprint density at radius 3 is 1.78 bits per heavy atom. The summed E-state index contributed by atoms with van der Waals surface area (Å²) in [5, 5.41) is 8.25. The largest absolute Gasteiger partial charge is 0.481 e. The van der Waals surface area contributed by atoms with Crippen molar-refractivity contribution in [2.24, 2.45) is 5.41 Å². The molecule has 0 unspecified atom stereocenters. The molecule has 49 valence electrons. The second kappa shape index (κ2) is 4.31. The first-order chi connectivity index (χ1) is 3.42. The van der Waals surface area contributed by atoms with Gasteiger partial charge in [0.05, 0.1) is 6.42 Å². The average molecular weight is 139 g/mol. The number of carboxylic acid groups (broad SMARTS) is 1. The summed E-state index contributed by atoms with van der Waals surface area (Å²) in [4.78, 5) is 10.0. The Labute approximate surface area is 77.9 Å². The fourth-order valence-corrected chi connectivity index (χ4v) is 0.454. The van der Waals surface area contributed by atoms with Gasteiger partial charge >= 0.3 is 5.97 Å². The topological polar surface area (TPSA) is 37.3 Å². The van der Waals surface area contributed by atoms with Crippen LogP contribution in [0.5, 0.6) is 0 Å². The molecule has 0 atom stereocenters. The molecule has 0 rings (SSSR count). The van der Waals surface area contributed by atoms with Gasteiger partial charge in [0, 0.05) is 29.6 Å². The maximum Gasteiger partial charge on any atom is 0.303 e. The van der Waals surface area contributed by atoms with Crippen molar-refractivity contribution in [2.75, 3.05) is 0 Å². The predicted molar refractivity (Wildman–Crippen MR) is 37.5 cm³/mol. The Morgan fingerprint density at radius 2 is 1.78 bits per heavy atom. The Hall–Kier alpha value is 0.470. The number of aliphatic carboxylic acids is 1. The quantitative estimate of drug-likeness (QED) is 0.553. The van der Waals surface area contributed by atoms with E-state index in [1.54, 1.807) is 0 Å². The van der Waals surface area contributed by atoms with Crippen molar-refractivity contribution in [1.29, 1.82) is 0 Å². The van der Waals surface area contributed by atoms with Crippen LogP contribution in [0.25, 0.3) is 0 Å². The van der Waals surface area contributed by atoms with Gasteiger partial charge in [0.15, 0.2) is 0 Å². The summed E-state index contributed by atoms with van der Waals surface area (Å²) < 4.78 is 0. The summed E-state index contributed by atoms with van der Waals surface area (Å²) in [6, 6.07) is 0. The number of carboxylic acids is 1. The SMILES string of the molecule is CC(C)(C)CC(=O)O.[Na]. The van der Waals surface area contributed by atoms with Crippen LogP contribution >= 0.6 is 0 Å². The van der Waals surface area contributed by atoms with Crippen LogP contribution < -0.4 is 0 Å². The van der Waals surface area contributed by atoms with Crippen LogP contribution in [0.15, 0.2) is 0 Å². The van der Waals surface area contributed by atoms with Gasteiger partial charge in [0.25, 0.3) is 0 Å². The molecule has 0 aromatic carbocycles. The standard InChI is InChI=1S/C6H12O2.Na/c1-6(2,3)4-5(7)8;/h4H2,1-3H3,(H,7,8);. The third-order valence-electron chi connectivity index (χ3n) is 0.682. The van der Waals surface area contributed by atoms with Gasteiger partial charge in [-0.05, 0) is 5.41 Å². The average Bonchev–Trinajstić information content (AvgIpc) is 1.21. The number of carbonyl (C=O) groups is 1. The third kappa shape index (κ3) is 11.8. The van der Waals surface area contributed by atoms with Crippen molar-refractivity contribution in [2.45, 2.75) is 27.2 Å². The van der Waals surface area contributed by atoms with Crippen molar-refractivity contribution < 1.29 is 9.90 Å². The molecular formula is C6H12NaO2. The molecule has 0 aromatic rings. The van der Waals surface area contributed by atoms with Gasteiger partial charge in [0.2, 0.25) is 0 Å². The van der Waals surface area contributed by atoms with E-state index in [-0.39, 0.29) is 41.4 Å². The minimum Gasteiger partial charge on any atom is -0.481 e. The van der Waals surface area contributed by atoms with Crippen LogP contribution in [0.1, 0.15) is 27.2 Å². The van der Waals surface area contributed by atoms with Crippen LogP contribution in [-0.2, 0) is 4.79 Å². The third-order valence-corrected chi connectivity index (χ3v) is 0.682. The minimum atomic E-state index is -0.725. The number of hydrogen-bond donors (Lipinski definition) is 1. The Morgan fingerprint density at radius 1 is 1.44 bits per heavy atom. The summed E-state index contributed by atoms with van der Waals surface area (Å²) >= 11 is 0. The molecule has 0 aliphatic carbocycles. The van der Waals surface area contributed by atoms with Gasteiger partial charge in [0.1, 0.15) is 0 Å². The number of hydrogen-bond acceptors (Lipinski definition) is 1. The summed E-state index contributed by atoms with van der Waals surface area (Å²) in [5.41, 5.74) is -0.0775. The molecule has 3 heteroatoms. The molecule has 0 heterocycles. The second-order valence-electron chi connectivity index (χ2n) is 3.13. The van der Waals surface area contributed by atoms with Crippen molar-refractivity contribution in [3.05, 3.63) is 0 Å². The number of rotatable bonds is 1. The van der Waals surface area contributed by atoms with E-state index in [1.807, 2.05) is 20.8 Å². The van der Waals surface area contributed by atoms with Crippen molar-refractivity contribution >= 4 is 35.5 Å². The zero-order chi connectivity index (χ0) is 6.78. The molecule has 1 radical (unpaired) electrons. The molecule has 0 aliphatic rings. The summed E-state index contributed by atoms with van der Waals surface area (Å²) in [5.74, 6) is -0.725. The van der Waals surface area contributed by atoms with E-state index in [2.05, 4.69) is 0 Å². The molecular weight excluding hydrogens is 127 g/mol.